The van der Waals surface area contributed by atoms with Crippen molar-refractivity contribution in [1.82, 2.24) is 5.06 Å². The van der Waals surface area contributed by atoms with E-state index in [-0.39, 0.29) is 25.5 Å². The summed E-state index contributed by atoms with van der Waals surface area (Å²) in [5.74, 6) is -0.863. The maximum absolute atomic E-state index is 11.3. The second-order valence-corrected chi connectivity index (χ2v) is 4.07. The maximum Gasteiger partial charge on any atom is 0.306 e. The molecule has 1 saturated heterocycles. The molecule has 1 aliphatic heterocycles. The molecular formula is C11H19NO5. The molecular weight excluding hydrogens is 226 g/mol. The molecule has 98 valence electrons. The van der Waals surface area contributed by atoms with Crippen molar-refractivity contribution in [1.29, 1.82) is 0 Å². The fourth-order valence-corrected chi connectivity index (χ4v) is 1.72. The van der Waals surface area contributed by atoms with E-state index in [2.05, 4.69) is 4.74 Å². The Hall–Kier alpha value is -1.14. The van der Waals surface area contributed by atoms with Crippen LogP contribution in [-0.4, -0.2) is 48.5 Å². The van der Waals surface area contributed by atoms with E-state index in [0.29, 0.717) is 6.54 Å². The summed E-state index contributed by atoms with van der Waals surface area (Å²) in [4.78, 5) is 22.1. The standard InChI is InChI=1S/C11H19NO5/c1-16-10(13)5-6-11(14)17-8-9-4-2-3-7-12(9)15/h9,15H,2-8H2,1H3. The Bertz CT molecular complexity index is 269. The van der Waals surface area contributed by atoms with Crippen LogP contribution in [0.5, 0.6) is 0 Å². The van der Waals surface area contributed by atoms with Crippen LogP contribution in [0.15, 0.2) is 0 Å². The van der Waals surface area contributed by atoms with Gasteiger partial charge in [0.25, 0.3) is 0 Å². The third-order valence-corrected chi connectivity index (χ3v) is 2.79. The third kappa shape index (κ3) is 5.14. The average molecular weight is 245 g/mol. The van der Waals surface area contributed by atoms with Gasteiger partial charge in [-0.15, -0.1) is 0 Å². The molecule has 1 rings (SSSR count). The lowest BCUT2D eigenvalue weighted by Gasteiger charge is -2.29. The van der Waals surface area contributed by atoms with E-state index in [4.69, 9.17) is 4.74 Å². The number of hydrogen-bond donors (Lipinski definition) is 1. The van der Waals surface area contributed by atoms with Gasteiger partial charge >= 0.3 is 11.9 Å². The Morgan fingerprint density at radius 3 is 2.65 bits per heavy atom. The van der Waals surface area contributed by atoms with Crippen molar-refractivity contribution in [3.8, 4) is 0 Å². The van der Waals surface area contributed by atoms with Crippen LogP contribution in [-0.2, 0) is 19.1 Å². The average Bonchev–Trinajstić information content (AvgIpc) is 2.35. The van der Waals surface area contributed by atoms with E-state index in [0.717, 1.165) is 19.3 Å². The highest BCUT2D eigenvalue weighted by atomic mass is 16.5. The van der Waals surface area contributed by atoms with Gasteiger partial charge in [-0.3, -0.25) is 9.59 Å². The fraction of sp³-hybridized carbons (Fsp3) is 0.818. The fourth-order valence-electron chi connectivity index (χ4n) is 1.72. The van der Waals surface area contributed by atoms with Crippen LogP contribution in [0.2, 0.25) is 0 Å². The number of ether oxygens (including phenoxy) is 2. The molecule has 17 heavy (non-hydrogen) atoms. The lowest BCUT2D eigenvalue weighted by atomic mass is 10.1. The number of carbonyl (C=O) groups excluding carboxylic acids is 2. The van der Waals surface area contributed by atoms with Crippen molar-refractivity contribution in [3.63, 3.8) is 0 Å². The largest absolute Gasteiger partial charge is 0.469 e. The van der Waals surface area contributed by atoms with Gasteiger partial charge in [0.1, 0.15) is 6.61 Å². The summed E-state index contributed by atoms with van der Waals surface area (Å²) in [6.07, 6.45) is 2.86. The Kier molecular flexibility index (Phi) is 5.93. The van der Waals surface area contributed by atoms with Gasteiger partial charge in [-0.2, -0.15) is 5.06 Å². The molecule has 1 N–H and O–H groups in total. The summed E-state index contributed by atoms with van der Waals surface area (Å²) in [6, 6.07) is -0.120. The second-order valence-electron chi connectivity index (χ2n) is 4.07. The summed E-state index contributed by atoms with van der Waals surface area (Å²) >= 11 is 0. The molecule has 0 aromatic heterocycles. The summed E-state index contributed by atoms with van der Waals surface area (Å²) < 4.78 is 9.42. The van der Waals surface area contributed by atoms with Gasteiger partial charge in [-0.1, -0.05) is 6.42 Å². The van der Waals surface area contributed by atoms with E-state index in [9.17, 15) is 14.8 Å². The van der Waals surface area contributed by atoms with Crippen molar-refractivity contribution in [2.24, 2.45) is 0 Å². The van der Waals surface area contributed by atoms with E-state index >= 15 is 0 Å². The number of carbonyl (C=O) groups is 2. The first-order valence-electron chi connectivity index (χ1n) is 5.81. The molecule has 0 spiro atoms. The Balaban J connectivity index is 2.16. The van der Waals surface area contributed by atoms with Crippen LogP contribution in [0.1, 0.15) is 32.1 Å². The number of hydrogen-bond acceptors (Lipinski definition) is 6. The number of esters is 2. The number of methoxy groups -OCH3 is 1. The maximum atomic E-state index is 11.3. The highest BCUT2D eigenvalue weighted by Crippen LogP contribution is 2.15. The van der Waals surface area contributed by atoms with Crippen LogP contribution in [0, 0.1) is 0 Å². The lowest BCUT2D eigenvalue weighted by Crippen LogP contribution is -2.40. The predicted octanol–water partition coefficient (Wildman–Crippen LogP) is 0.726. The number of nitrogens with zero attached hydrogens (tertiary/aromatic N) is 1. The third-order valence-electron chi connectivity index (χ3n) is 2.79. The Morgan fingerprint density at radius 1 is 1.29 bits per heavy atom. The van der Waals surface area contributed by atoms with Gasteiger partial charge in [0.05, 0.1) is 26.0 Å². The van der Waals surface area contributed by atoms with Crippen molar-refractivity contribution >= 4 is 11.9 Å². The molecule has 6 heteroatoms. The second kappa shape index (κ2) is 7.24. The van der Waals surface area contributed by atoms with Gasteiger partial charge in [0.15, 0.2) is 0 Å². The van der Waals surface area contributed by atoms with Gasteiger partial charge < -0.3 is 14.7 Å². The van der Waals surface area contributed by atoms with Crippen LogP contribution < -0.4 is 0 Å². The molecule has 0 radical (unpaired) electrons. The zero-order valence-electron chi connectivity index (χ0n) is 10.1. The Morgan fingerprint density at radius 2 is 2.00 bits per heavy atom. The molecule has 1 aliphatic rings. The van der Waals surface area contributed by atoms with Gasteiger partial charge in [0.2, 0.25) is 0 Å². The molecule has 1 atom stereocenters. The first-order chi connectivity index (χ1) is 8.13. The van der Waals surface area contributed by atoms with Crippen LogP contribution >= 0.6 is 0 Å². The minimum Gasteiger partial charge on any atom is -0.469 e. The van der Waals surface area contributed by atoms with Crippen LogP contribution in [0.4, 0.5) is 0 Å². The molecule has 1 fully saturated rings. The van der Waals surface area contributed by atoms with Crippen LogP contribution in [0.25, 0.3) is 0 Å². The number of hydroxylamine groups is 2. The van der Waals surface area contributed by atoms with E-state index in [1.807, 2.05) is 0 Å². The van der Waals surface area contributed by atoms with Crippen molar-refractivity contribution in [3.05, 3.63) is 0 Å². The summed E-state index contributed by atoms with van der Waals surface area (Å²) in [5.41, 5.74) is 0. The van der Waals surface area contributed by atoms with Crippen molar-refractivity contribution in [2.45, 2.75) is 38.1 Å². The topological polar surface area (TPSA) is 76.1 Å². The SMILES string of the molecule is COC(=O)CCC(=O)OCC1CCCCN1O. The van der Waals surface area contributed by atoms with Crippen molar-refractivity contribution < 1.29 is 24.3 Å². The zero-order chi connectivity index (χ0) is 12.7. The molecule has 0 aromatic rings. The number of rotatable bonds is 5. The summed E-state index contributed by atoms with van der Waals surface area (Å²) in [5, 5.41) is 10.7. The minimum atomic E-state index is -0.436. The molecule has 1 unspecified atom stereocenters. The minimum absolute atomic E-state index is 0.0187. The van der Waals surface area contributed by atoms with Crippen LogP contribution in [0.3, 0.4) is 0 Å². The smallest absolute Gasteiger partial charge is 0.306 e. The quantitative estimate of drug-likeness (QED) is 0.719. The monoisotopic (exact) mass is 245 g/mol. The van der Waals surface area contributed by atoms with E-state index < -0.39 is 11.9 Å². The molecule has 1 heterocycles. The van der Waals surface area contributed by atoms with E-state index in [1.54, 1.807) is 0 Å². The molecule has 0 bridgehead atoms. The molecule has 6 nitrogen and oxygen atoms in total. The molecule has 0 aliphatic carbocycles. The first kappa shape index (κ1) is 13.9. The van der Waals surface area contributed by atoms with Gasteiger partial charge in [-0.05, 0) is 12.8 Å². The highest BCUT2D eigenvalue weighted by molar-refractivity contribution is 5.77. The lowest BCUT2D eigenvalue weighted by molar-refractivity contribution is -0.169. The summed E-state index contributed by atoms with van der Waals surface area (Å²) in [7, 11) is 1.28. The molecule has 0 saturated carbocycles. The zero-order valence-corrected chi connectivity index (χ0v) is 10.1. The highest BCUT2D eigenvalue weighted by Gasteiger charge is 2.22. The molecule has 0 amide bonds. The first-order valence-corrected chi connectivity index (χ1v) is 5.81. The normalized spacial score (nSPS) is 20.9. The Labute approximate surface area is 100 Å². The molecule has 0 aromatic carbocycles. The van der Waals surface area contributed by atoms with Gasteiger partial charge in [0, 0.05) is 6.54 Å². The van der Waals surface area contributed by atoms with E-state index in [1.165, 1.54) is 12.2 Å². The van der Waals surface area contributed by atoms with Gasteiger partial charge in [-0.25, -0.2) is 0 Å². The summed E-state index contributed by atoms with van der Waals surface area (Å²) in [6.45, 7) is 0.793. The number of piperidine rings is 1. The van der Waals surface area contributed by atoms with Crippen molar-refractivity contribution in [2.75, 3.05) is 20.3 Å². The predicted molar refractivity (Wildman–Crippen MR) is 58.3 cm³/mol.